The van der Waals surface area contributed by atoms with Gasteiger partial charge in [-0.3, -0.25) is 9.36 Å². The van der Waals surface area contributed by atoms with Crippen molar-refractivity contribution in [3.63, 3.8) is 0 Å². The number of aromatic nitrogens is 1. The molecule has 1 aliphatic rings. The first-order chi connectivity index (χ1) is 12.6. The monoisotopic (exact) mass is 354 g/mol. The molecule has 0 saturated carbocycles. The number of furan rings is 1. The van der Waals surface area contributed by atoms with E-state index in [1.807, 2.05) is 12.1 Å². The van der Waals surface area contributed by atoms with E-state index in [1.165, 1.54) is 12.8 Å². The summed E-state index contributed by atoms with van der Waals surface area (Å²) in [7, 11) is 0. The Bertz CT molecular complexity index is 786. The first-order valence-corrected chi connectivity index (χ1v) is 9.27. The van der Waals surface area contributed by atoms with E-state index >= 15 is 0 Å². The van der Waals surface area contributed by atoms with Gasteiger partial charge in [0, 0.05) is 25.5 Å². The molecule has 1 fully saturated rings. The van der Waals surface area contributed by atoms with E-state index in [4.69, 9.17) is 4.42 Å². The molecule has 6 heteroatoms. The largest absolute Gasteiger partial charge is 0.443 e. The van der Waals surface area contributed by atoms with Crippen molar-refractivity contribution in [2.24, 2.45) is 5.92 Å². The lowest BCUT2D eigenvalue weighted by Crippen LogP contribution is -2.36. The minimum absolute atomic E-state index is 0.242. The summed E-state index contributed by atoms with van der Waals surface area (Å²) in [6.07, 6.45) is 7.06. The Morgan fingerprint density at radius 2 is 2.19 bits per heavy atom. The van der Waals surface area contributed by atoms with Gasteiger partial charge in [-0.25, -0.2) is 0 Å². The standard InChI is InChI=1S/C20H26N4O2/c1-15-7-5-9-23(14-15)10-6-8-22-19(25)18-16(2)26-20(17(18)13-21)24-11-3-4-12-24/h3-4,11-12,15H,5-10,14H2,1-2H3,(H,22,25). The maximum Gasteiger partial charge on any atom is 0.256 e. The zero-order valence-electron chi connectivity index (χ0n) is 15.5. The van der Waals surface area contributed by atoms with Gasteiger partial charge in [0.05, 0.1) is 0 Å². The number of rotatable bonds is 6. The molecule has 1 saturated heterocycles. The van der Waals surface area contributed by atoms with Gasteiger partial charge in [-0.05, 0) is 57.3 Å². The van der Waals surface area contributed by atoms with Crippen molar-refractivity contribution >= 4 is 5.91 Å². The van der Waals surface area contributed by atoms with Gasteiger partial charge >= 0.3 is 0 Å². The molecule has 1 unspecified atom stereocenters. The van der Waals surface area contributed by atoms with E-state index in [1.54, 1.807) is 23.9 Å². The molecule has 0 aromatic carbocycles. The molecule has 6 nitrogen and oxygen atoms in total. The topological polar surface area (TPSA) is 74.2 Å². The van der Waals surface area contributed by atoms with Crippen LogP contribution in [0, 0.1) is 24.2 Å². The zero-order valence-corrected chi connectivity index (χ0v) is 15.5. The lowest BCUT2D eigenvalue weighted by atomic mass is 10.0. The summed E-state index contributed by atoms with van der Waals surface area (Å²) in [5, 5.41) is 12.5. The molecule has 138 valence electrons. The number of amides is 1. The molecule has 0 spiro atoms. The van der Waals surface area contributed by atoms with E-state index < -0.39 is 0 Å². The van der Waals surface area contributed by atoms with Crippen LogP contribution in [0.3, 0.4) is 0 Å². The maximum absolute atomic E-state index is 12.6. The van der Waals surface area contributed by atoms with Gasteiger partial charge in [-0.15, -0.1) is 0 Å². The van der Waals surface area contributed by atoms with Crippen LogP contribution in [0.2, 0.25) is 0 Å². The van der Waals surface area contributed by atoms with Gasteiger partial charge in [0.1, 0.15) is 23.0 Å². The predicted molar refractivity (Wildman–Crippen MR) is 99.3 cm³/mol. The fourth-order valence-electron chi connectivity index (χ4n) is 3.64. The number of nitriles is 1. The van der Waals surface area contributed by atoms with Crippen molar-refractivity contribution in [2.45, 2.75) is 33.1 Å². The second-order valence-electron chi connectivity index (χ2n) is 7.07. The van der Waals surface area contributed by atoms with Crippen LogP contribution in [0.4, 0.5) is 0 Å². The fraction of sp³-hybridized carbons (Fsp3) is 0.500. The van der Waals surface area contributed by atoms with Crippen molar-refractivity contribution in [3.8, 4) is 12.0 Å². The number of hydrogen-bond donors (Lipinski definition) is 1. The highest BCUT2D eigenvalue weighted by molar-refractivity contribution is 5.98. The van der Waals surface area contributed by atoms with Crippen LogP contribution in [0.15, 0.2) is 28.9 Å². The molecule has 1 atom stereocenters. The molecule has 3 heterocycles. The summed E-state index contributed by atoms with van der Waals surface area (Å²) in [5.41, 5.74) is 0.615. The van der Waals surface area contributed by atoms with Crippen molar-refractivity contribution in [3.05, 3.63) is 41.4 Å². The van der Waals surface area contributed by atoms with Crippen LogP contribution >= 0.6 is 0 Å². The molecule has 2 aromatic heterocycles. The highest BCUT2D eigenvalue weighted by atomic mass is 16.4. The lowest BCUT2D eigenvalue weighted by Gasteiger charge is -2.30. The Morgan fingerprint density at radius 1 is 1.42 bits per heavy atom. The molecule has 1 N–H and O–H groups in total. The number of nitrogens with one attached hydrogen (secondary N) is 1. The van der Waals surface area contributed by atoms with E-state index in [-0.39, 0.29) is 11.5 Å². The Hall–Kier alpha value is -2.52. The Balaban J connectivity index is 1.59. The first-order valence-electron chi connectivity index (χ1n) is 9.27. The number of piperidine rings is 1. The van der Waals surface area contributed by atoms with Crippen LogP contribution < -0.4 is 5.32 Å². The van der Waals surface area contributed by atoms with Crippen molar-refractivity contribution in [1.82, 2.24) is 14.8 Å². The molecule has 0 radical (unpaired) electrons. The van der Waals surface area contributed by atoms with Crippen molar-refractivity contribution in [2.75, 3.05) is 26.2 Å². The molecule has 1 aliphatic heterocycles. The van der Waals surface area contributed by atoms with E-state index in [0.29, 0.717) is 23.8 Å². The Labute approximate surface area is 154 Å². The maximum atomic E-state index is 12.6. The molecule has 0 bridgehead atoms. The summed E-state index contributed by atoms with van der Waals surface area (Å²) in [6, 6.07) is 5.81. The smallest absolute Gasteiger partial charge is 0.256 e. The normalized spacial score (nSPS) is 17.8. The summed E-state index contributed by atoms with van der Waals surface area (Å²) in [4.78, 5) is 15.1. The number of carbonyl (C=O) groups is 1. The lowest BCUT2D eigenvalue weighted by molar-refractivity contribution is 0.0948. The highest BCUT2D eigenvalue weighted by Gasteiger charge is 2.24. The number of hydrogen-bond acceptors (Lipinski definition) is 4. The van der Waals surface area contributed by atoms with Gasteiger partial charge < -0.3 is 14.6 Å². The van der Waals surface area contributed by atoms with Crippen LogP contribution in [-0.2, 0) is 0 Å². The quantitative estimate of drug-likeness (QED) is 0.809. The third-order valence-corrected chi connectivity index (χ3v) is 4.92. The van der Waals surface area contributed by atoms with Crippen LogP contribution in [0.25, 0.3) is 5.88 Å². The first kappa shape index (κ1) is 18.3. The van der Waals surface area contributed by atoms with E-state index in [0.717, 1.165) is 32.0 Å². The minimum atomic E-state index is -0.242. The molecule has 1 amide bonds. The van der Waals surface area contributed by atoms with Crippen molar-refractivity contribution < 1.29 is 9.21 Å². The zero-order chi connectivity index (χ0) is 18.5. The van der Waals surface area contributed by atoms with Gasteiger partial charge in [0.2, 0.25) is 5.88 Å². The molecule has 0 aliphatic carbocycles. The average molecular weight is 354 g/mol. The Kier molecular flexibility index (Phi) is 5.79. The van der Waals surface area contributed by atoms with Crippen LogP contribution in [-0.4, -0.2) is 41.6 Å². The highest BCUT2D eigenvalue weighted by Crippen LogP contribution is 2.25. The average Bonchev–Trinajstić information content (AvgIpc) is 3.25. The van der Waals surface area contributed by atoms with Gasteiger partial charge in [-0.1, -0.05) is 6.92 Å². The van der Waals surface area contributed by atoms with Gasteiger partial charge in [-0.2, -0.15) is 5.26 Å². The number of carbonyl (C=O) groups excluding carboxylic acids is 1. The van der Waals surface area contributed by atoms with Gasteiger partial charge in [0.25, 0.3) is 5.91 Å². The molecule has 2 aromatic rings. The third kappa shape index (κ3) is 4.00. The summed E-state index contributed by atoms with van der Waals surface area (Å²) in [5.74, 6) is 1.38. The number of aryl methyl sites for hydroxylation is 1. The van der Waals surface area contributed by atoms with E-state index in [9.17, 15) is 10.1 Å². The summed E-state index contributed by atoms with van der Waals surface area (Å²) in [6.45, 7) is 7.90. The predicted octanol–water partition coefficient (Wildman–Crippen LogP) is 3.10. The number of nitrogens with zero attached hydrogens (tertiary/aromatic N) is 3. The van der Waals surface area contributed by atoms with Crippen LogP contribution in [0.1, 0.15) is 47.9 Å². The molecule has 3 rings (SSSR count). The van der Waals surface area contributed by atoms with E-state index in [2.05, 4.69) is 23.2 Å². The fourth-order valence-corrected chi connectivity index (χ4v) is 3.64. The SMILES string of the molecule is Cc1oc(-n2cccc2)c(C#N)c1C(=O)NCCCN1CCCC(C)C1. The second kappa shape index (κ2) is 8.24. The van der Waals surface area contributed by atoms with Crippen LogP contribution in [0.5, 0.6) is 0 Å². The molecular formula is C20H26N4O2. The Morgan fingerprint density at radius 3 is 2.88 bits per heavy atom. The summed E-state index contributed by atoms with van der Waals surface area (Å²) >= 11 is 0. The van der Waals surface area contributed by atoms with Crippen molar-refractivity contribution in [1.29, 1.82) is 5.26 Å². The van der Waals surface area contributed by atoms with Gasteiger partial charge in [0.15, 0.2) is 0 Å². The number of likely N-dealkylation sites (tertiary alicyclic amines) is 1. The molecule has 26 heavy (non-hydrogen) atoms. The molecular weight excluding hydrogens is 328 g/mol. The third-order valence-electron chi connectivity index (χ3n) is 4.92. The second-order valence-corrected chi connectivity index (χ2v) is 7.07. The summed E-state index contributed by atoms with van der Waals surface area (Å²) < 4.78 is 7.40. The minimum Gasteiger partial charge on any atom is -0.443 e.